The SMILES string of the molecule is CC(C)S(=O)(=O)CC1CCC(C(O)Cc2ccc(Cc3cccnc3)cc2)CC1. The van der Waals surface area contributed by atoms with E-state index in [2.05, 4.69) is 35.3 Å². The topological polar surface area (TPSA) is 67.3 Å². The summed E-state index contributed by atoms with van der Waals surface area (Å²) >= 11 is 0. The number of aromatic nitrogens is 1. The number of benzene rings is 1. The van der Waals surface area contributed by atoms with Crippen LogP contribution in [0.5, 0.6) is 0 Å². The summed E-state index contributed by atoms with van der Waals surface area (Å²) in [4.78, 5) is 4.16. The highest BCUT2D eigenvalue weighted by Crippen LogP contribution is 2.33. The van der Waals surface area contributed by atoms with Crippen LogP contribution in [-0.2, 0) is 22.7 Å². The van der Waals surface area contributed by atoms with Gasteiger partial charge in [-0.25, -0.2) is 8.42 Å². The minimum absolute atomic E-state index is 0.248. The first-order valence-corrected chi connectivity index (χ1v) is 12.4. The molecule has 2 aromatic rings. The van der Waals surface area contributed by atoms with Crippen LogP contribution in [0.3, 0.4) is 0 Å². The van der Waals surface area contributed by atoms with Crippen LogP contribution in [0.1, 0.15) is 56.2 Å². The van der Waals surface area contributed by atoms with Crippen LogP contribution in [0.4, 0.5) is 0 Å². The Bertz CT molecular complexity index is 855. The molecule has 0 saturated heterocycles. The average Bonchev–Trinajstić information content (AvgIpc) is 2.70. The van der Waals surface area contributed by atoms with Gasteiger partial charge in [0.2, 0.25) is 0 Å². The van der Waals surface area contributed by atoms with Gasteiger partial charge in [0, 0.05) is 12.4 Å². The summed E-state index contributed by atoms with van der Waals surface area (Å²) in [6, 6.07) is 12.5. The highest BCUT2D eigenvalue weighted by Gasteiger charge is 2.30. The van der Waals surface area contributed by atoms with Crippen molar-refractivity contribution in [2.24, 2.45) is 11.8 Å². The monoisotopic (exact) mass is 415 g/mol. The maximum absolute atomic E-state index is 12.1. The van der Waals surface area contributed by atoms with Crippen molar-refractivity contribution >= 4 is 9.84 Å². The number of nitrogens with zero attached hydrogens (tertiary/aromatic N) is 1. The summed E-state index contributed by atoms with van der Waals surface area (Å²) in [5, 5.41) is 10.4. The Labute approximate surface area is 175 Å². The van der Waals surface area contributed by atoms with Gasteiger partial charge in [0.05, 0.1) is 17.1 Å². The second-order valence-corrected chi connectivity index (χ2v) is 11.4. The first kappa shape index (κ1) is 22.0. The van der Waals surface area contributed by atoms with E-state index < -0.39 is 9.84 Å². The highest BCUT2D eigenvalue weighted by molar-refractivity contribution is 7.91. The average molecular weight is 416 g/mol. The van der Waals surface area contributed by atoms with Crippen molar-refractivity contribution in [1.29, 1.82) is 0 Å². The molecule has 1 aliphatic carbocycles. The van der Waals surface area contributed by atoms with E-state index >= 15 is 0 Å². The summed E-state index contributed by atoms with van der Waals surface area (Å²) in [5.74, 6) is 0.812. The maximum Gasteiger partial charge on any atom is 0.152 e. The number of pyridine rings is 1. The van der Waals surface area contributed by atoms with Gasteiger partial charge in [0.25, 0.3) is 0 Å². The summed E-state index contributed by atoms with van der Waals surface area (Å²) in [5.41, 5.74) is 3.58. The number of hydrogen-bond acceptors (Lipinski definition) is 4. The Morgan fingerprint density at radius 3 is 2.24 bits per heavy atom. The molecule has 29 heavy (non-hydrogen) atoms. The normalized spacial score (nSPS) is 21.2. The zero-order valence-corrected chi connectivity index (χ0v) is 18.3. The standard InChI is InChI=1S/C24H33NO3S/c1-18(2)29(27,28)17-21-9-11-23(12-10-21)24(26)15-20-7-5-19(6-8-20)14-22-4-3-13-25-16-22/h3-8,13,16,18,21,23-24,26H,9-12,14-15,17H2,1-2H3. The van der Waals surface area contributed by atoms with Gasteiger partial charge in [-0.2, -0.15) is 0 Å². The molecule has 4 nitrogen and oxygen atoms in total. The van der Waals surface area contributed by atoms with Crippen LogP contribution >= 0.6 is 0 Å². The lowest BCUT2D eigenvalue weighted by Crippen LogP contribution is -2.31. The molecule has 0 aliphatic heterocycles. The highest BCUT2D eigenvalue weighted by atomic mass is 32.2. The molecule has 0 radical (unpaired) electrons. The zero-order valence-electron chi connectivity index (χ0n) is 17.5. The van der Waals surface area contributed by atoms with Crippen LogP contribution in [0.15, 0.2) is 48.8 Å². The molecule has 0 bridgehead atoms. The maximum atomic E-state index is 12.1. The number of sulfone groups is 1. The van der Waals surface area contributed by atoms with Crippen LogP contribution < -0.4 is 0 Å². The number of rotatable bonds is 8. The second kappa shape index (κ2) is 9.86. The quantitative estimate of drug-likeness (QED) is 0.701. The largest absolute Gasteiger partial charge is 0.392 e. The molecular formula is C24H33NO3S. The van der Waals surface area contributed by atoms with E-state index in [-0.39, 0.29) is 23.2 Å². The van der Waals surface area contributed by atoms with Crippen LogP contribution in [0.25, 0.3) is 0 Å². The summed E-state index contributed by atoms with van der Waals surface area (Å²) in [6.07, 6.45) is 8.46. The Balaban J connectivity index is 1.48. The molecule has 1 fully saturated rings. The van der Waals surface area contributed by atoms with Gasteiger partial charge in [-0.05, 0) is 87.0 Å². The molecule has 158 valence electrons. The molecule has 3 rings (SSSR count). The van der Waals surface area contributed by atoms with Gasteiger partial charge in [-0.1, -0.05) is 30.3 Å². The molecule has 1 aromatic carbocycles. The molecule has 1 N–H and O–H groups in total. The number of aliphatic hydroxyl groups is 1. The van der Waals surface area contributed by atoms with Gasteiger partial charge < -0.3 is 5.11 Å². The van der Waals surface area contributed by atoms with Crippen molar-refractivity contribution < 1.29 is 13.5 Å². The molecule has 1 aliphatic rings. The van der Waals surface area contributed by atoms with Crippen molar-refractivity contribution in [3.63, 3.8) is 0 Å². The van der Waals surface area contributed by atoms with Crippen molar-refractivity contribution in [1.82, 2.24) is 4.98 Å². The fourth-order valence-corrected chi connectivity index (χ4v) is 5.58. The van der Waals surface area contributed by atoms with E-state index in [1.54, 1.807) is 20.0 Å². The molecule has 0 spiro atoms. The van der Waals surface area contributed by atoms with Gasteiger partial charge in [-0.3, -0.25) is 4.98 Å². The predicted molar refractivity (Wildman–Crippen MR) is 118 cm³/mol. The van der Waals surface area contributed by atoms with E-state index in [1.165, 1.54) is 11.1 Å². The molecule has 1 heterocycles. The zero-order chi connectivity index (χ0) is 20.9. The Hall–Kier alpha value is -1.72. The Kier molecular flexibility index (Phi) is 7.47. The lowest BCUT2D eigenvalue weighted by molar-refractivity contribution is 0.0764. The first-order valence-electron chi connectivity index (χ1n) is 10.7. The minimum atomic E-state index is -2.98. The predicted octanol–water partition coefficient (Wildman–Crippen LogP) is 4.21. The fraction of sp³-hybridized carbons (Fsp3) is 0.542. The summed E-state index contributed by atoms with van der Waals surface area (Å²) < 4.78 is 24.3. The molecule has 0 amide bonds. The molecule has 1 atom stereocenters. The van der Waals surface area contributed by atoms with E-state index in [9.17, 15) is 13.5 Å². The smallest absolute Gasteiger partial charge is 0.152 e. The van der Waals surface area contributed by atoms with E-state index in [4.69, 9.17) is 0 Å². The van der Waals surface area contributed by atoms with Crippen LogP contribution in [-0.4, -0.2) is 35.6 Å². The molecule has 1 unspecified atom stereocenters. The Morgan fingerprint density at radius 2 is 1.66 bits per heavy atom. The number of hydrogen-bond donors (Lipinski definition) is 1. The van der Waals surface area contributed by atoms with Gasteiger partial charge in [0.1, 0.15) is 0 Å². The number of aliphatic hydroxyl groups excluding tert-OH is 1. The van der Waals surface area contributed by atoms with Crippen molar-refractivity contribution in [3.8, 4) is 0 Å². The van der Waals surface area contributed by atoms with E-state index in [0.29, 0.717) is 12.2 Å². The third-order valence-electron chi connectivity index (χ3n) is 6.22. The van der Waals surface area contributed by atoms with Gasteiger partial charge >= 0.3 is 0 Å². The van der Waals surface area contributed by atoms with E-state index in [1.807, 2.05) is 12.3 Å². The molecule has 5 heteroatoms. The third kappa shape index (κ3) is 6.38. The van der Waals surface area contributed by atoms with Crippen molar-refractivity contribution in [2.75, 3.05) is 5.75 Å². The first-order chi connectivity index (χ1) is 13.8. The van der Waals surface area contributed by atoms with Crippen LogP contribution in [0, 0.1) is 11.8 Å². The lowest BCUT2D eigenvalue weighted by Gasteiger charge is -2.31. The summed E-state index contributed by atoms with van der Waals surface area (Å²) in [7, 11) is -2.98. The second-order valence-electron chi connectivity index (χ2n) is 8.79. The molecule has 1 saturated carbocycles. The lowest BCUT2D eigenvalue weighted by atomic mass is 9.79. The third-order valence-corrected chi connectivity index (χ3v) is 8.59. The minimum Gasteiger partial charge on any atom is -0.392 e. The summed E-state index contributed by atoms with van der Waals surface area (Å²) in [6.45, 7) is 3.51. The molecular weight excluding hydrogens is 382 g/mol. The molecule has 1 aromatic heterocycles. The Morgan fingerprint density at radius 1 is 1.00 bits per heavy atom. The fourth-order valence-electron chi connectivity index (χ4n) is 4.20. The van der Waals surface area contributed by atoms with Crippen molar-refractivity contribution in [3.05, 3.63) is 65.5 Å². The van der Waals surface area contributed by atoms with Gasteiger partial charge in [0.15, 0.2) is 9.84 Å². The van der Waals surface area contributed by atoms with Crippen LogP contribution in [0.2, 0.25) is 0 Å². The van der Waals surface area contributed by atoms with Gasteiger partial charge in [-0.15, -0.1) is 0 Å². The van der Waals surface area contributed by atoms with E-state index in [0.717, 1.165) is 37.7 Å². The van der Waals surface area contributed by atoms with Crippen molar-refractivity contribution in [2.45, 2.75) is 63.7 Å².